The molecule has 0 spiro atoms. The zero-order valence-electron chi connectivity index (χ0n) is 10.4. The molecule has 0 aromatic rings. The zero-order valence-corrected chi connectivity index (χ0v) is 10.4. The summed E-state index contributed by atoms with van der Waals surface area (Å²) in [4.78, 5) is 4.21. The average molecular weight is 225 g/mol. The summed E-state index contributed by atoms with van der Waals surface area (Å²) < 4.78 is 5.00. The summed E-state index contributed by atoms with van der Waals surface area (Å²) in [5.41, 5.74) is 0.624. The van der Waals surface area contributed by atoms with Crippen molar-refractivity contribution in [3.05, 3.63) is 0 Å². The van der Waals surface area contributed by atoms with Crippen molar-refractivity contribution < 1.29 is 4.74 Å². The first-order chi connectivity index (χ1) is 7.80. The summed E-state index contributed by atoms with van der Waals surface area (Å²) in [5.74, 6) is 1.90. The number of nitrogens with one attached hydrogen (secondary N) is 2. The Balaban J connectivity index is 1.67. The van der Waals surface area contributed by atoms with Crippen LogP contribution in [0.4, 0.5) is 0 Å². The summed E-state index contributed by atoms with van der Waals surface area (Å²) in [6.07, 6.45) is 5.69. The van der Waals surface area contributed by atoms with Gasteiger partial charge in [0.2, 0.25) is 0 Å². The van der Waals surface area contributed by atoms with Gasteiger partial charge in [-0.3, -0.25) is 4.99 Å². The molecule has 92 valence electrons. The Kier molecular flexibility index (Phi) is 3.69. The molecule has 2 rings (SSSR count). The minimum absolute atomic E-state index is 0.624. The number of hydrogen-bond acceptors (Lipinski definition) is 2. The van der Waals surface area contributed by atoms with E-state index < -0.39 is 0 Å². The van der Waals surface area contributed by atoms with E-state index in [4.69, 9.17) is 4.74 Å². The molecule has 0 atom stereocenters. The van der Waals surface area contributed by atoms with Crippen LogP contribution in [0.25, 0.3) is 0 Å². The molecule has 0 amide bonds. The quantitative estimate of drug-likeness (QED) is 0.402. The topological polar surface area (TPSA) is 45.7 Å². The monoisotopic (exact) mass is 225 g/mol. The molecule has 16 heavy (non-hydrogen) atoms. The molecule has 2 aliphatic carbocycles. The molecule has 0 bridgehead atoms. The van der Waals surface area contributed by atoms with Gasteiger partial charge in [0.05, 0.1) is 6.61 Å². The minimum Gasteiger partial charge on any atom is -0.383 e. The van der Waals surface area contributed by atoms with Crippen molar-refractivity contribution >= 4 is 5.96 Å². The highest BCUT2D eigenvalue weighted by Gasteiger charge is 2.53. The second kappa shape index (κ2) is 5.04. The van der Waals surface area contributed by atoms with E-state index in [-0.39, 0.29) is 0 Å². The Morgan fingerprint density at radius 3 is 2.62 bits per heavy atom. The minimum atomic E-state index is 0.624. The van der Waals surface area contributed by atoms with Crippen molar-refractivity contribution in [3.8, 4) is 0 Å². The van der Waals surface area contributed by atoms with Gasteiger partial charge in [0.25, 0.3) is 0 Å². The van der Waals surface area contributed by atoms with Crippen LogP contribution in [0.5, 0.6) is 0 Å². The maximum absolute atomic E-state index is 5.00. The van der Waals surface area contributed by atoms with Gasteiger partial charge in [-0.25, -0.2) is 0 Å². The Hall–Kier alpha value is -0.770. The van der Waals surface area contributed by atoms with E-state index in [1.807, 2.05) is 7.05 Å². The van der Waals surface area contributed by atoms with Gasteiger partial charge < -0.3 is 15.4 Å². The van der Waals surface area contributed by atoms with Crippen LogP contribution in [0, 0.1) is 11.3 Å². The van der Waals surface area contributed by atoms with Crippen molar-refractivity contribution in [1.29, 1.82) is 0 Å². The second-order valence-corrected chi connectivity index (χ2v) is 4.98. The fourth-order valence-electron chi connectivity index (χ4n) is 2.34. The van der Waals surface area contributed by atoms with Crippen LogP contribution in [0.2, 0.25) is 0 Å². The first-order valence-electron chi connectivity index (χ1n) is 6.24. The lowest BCUT2D eigenvalue weighted by atomic mass is 10.0. The van der Waals surface area contributed by atoms with Gasteiger partial charge in [-0.2, -0.15) is 0 Å². The number of aliphatic imine (C=N–C) groups is 1. The molecule has 2 saturated carbocycles. The smallest absolute Gasteiger partial charge is 0.191 e. The number of ether oxygens (including phenoxy) is 1. The van der Waals surface area contributed by atoms with Crippen molar-refractivity contribution in [3.63, 3.8) is 0 Å². The molecule has 0 aromatic carbocycles. The SMILES string of the molecule is CN=C(NCCOC)NCC1(C2CC2)CC1. The normalized spacial score (nSPS) is 23.0. The van der Waals surface area contributed by atoms with Crippen molar-refractivity contribution in [1.82, 2.24) is 10.6 Å². The highest BCUT2D eigenvalue weighted by atomic mass is 16.5. The fraction of sp³-hybridized carbons (Fsp3) is 0.917. The highest BCUT2D eigenvalue weighted by Crippen LogP contribution is 2.60. The van der Waals surface area contributed by atoms with Crippen LogP contribution < -0.4 is 10.6 Å². The predicted molar refractivity (Wildman–Crippen MR) is 65.6 cm³/mol. The van der Waals surface area contributed by atoms with E-state index in [9.17, 15) is 0 Å². The molecule has 0 saturated heterocycles. The lowest BCUT2D eigenvalue weighted by molar-refractivity contribution is 0.203. The molecule has 4 heteroatoms. The molecule has 4 nitrogen and oxygen atoms in total. The van der Waals surface area contributed by atoms with Crippen molar-refractivity contribution in [2.45, 2.75) is 25.7 Å². The Bertz CT molecular complexity index is 257. The van der Waals surface area contributed by atoms with E-state index >= 15 is 0 Å². The number of rotatable bonds is 6. The molecule has 0 heterocycles. The predicted octanol–water partition coefficient (Wildman–Crippen LogP) is 0.988. The van der Waals surface area contributed by atoms with Gasteiger partial charge in [-0.15, -0.1) is 0 Å². The summed E-state index contributed by atoms with van der Waals surface area (Å²) in [7, 11) is 3.53. The van der Waals surface area contributed by atoms with Crippen LogP contribution in [0.3, 0.4) is 0 Å². The molecule has 0 aromatic heterocycles. The van der Waals surface area contributed by atoms with Crippen LogP contribution in [0.1, 0.15) is 25.7 Å². The Labute approximate surface area is 97.9 Å². The maximum atomic E-state index is 5.00. The number of guanidine groups is 1. The van der Waals surface area contributed by atoms with Gasteiger partial charge in [-0.05, 0) is 37.0 Å². The summed E-state index contributed by atoms with van der Waals surface area (Å²) in [6, 6.07) is 0. The number of hydrogen-bond donors (Lipinski definition) is 2. The molecule has 0 aliphatic heterocycles. The molecule has 0 unspecified atom stereocenters. The van der Waals surface area contributed by atoms with Gasteiger partial charge in [0.1, 0.15) is 0 Å². The third kappa shape index (κ3) is 2.88. The number of methoxy groups -OCH3 is 1. The van der Waals surface area contributed by atoms with Crippen molar-refractivity contribution in [2.24, 2.45) is 16.3 Å². The molecular weight excluding hydrogens is 202 g/mol. The lowest BCUT2D eigenvalue weighted by Gasteiger charge is -2.17. The summed E-state index contributed by atoms with van der Waals surface area (Å²) >= 11 is 0. The van der Waals surface area contributed by atoms with Gasteiger partial charge in [0.15, 0.2) is 5.96 Å². The van der Waals surface area contributed by atoms with Crippen LogP contribution in [0.15, 0.2) is 4.99 Å². The third-order valence-electron chi connectivity index (χ3n) is 3.77. The van der Waals surface area contributed by atoms with Crippen LogP contribution >= 0.6 is 0 Å². The first-order valence-corrected chi connectivity index (χ1v) is 6.24. The van der Waals surface area contributed by atoms with E-state index in [0.29, 0.717) is 12.0 Å². The zero-order chi connectivity index (χ0) is 11.4. The van der Waals surface area contributed by atoms with E-state index in [1.54, 1.807) is 7.11 Å². The largest absolute Gasteiger partial charge is 0.383 e. The van der Waals surface area contributed by atoms with Crippen LogP contribution in [-0.2, 0) is 4.74 Å². The molecule has 0 radical (unpaired) electrons. The van der Waals surface area contributed by atoms with E-state index in [2.05, 4.69) is 15.6 Å². The Morgan fingerprint density at radius 2 is 2.12 bits per heavy atom. The average Bonchev–Trinajstić information content (AvgIpc) is 3.16. The number of nitrogens with zero attached hydrogens (tertiary/aromatic N) is 1. The second-order valence-electron chi connectivity index (χ2n) is 4.98. The highest BCUT2D eigenvalue weighted by molar-refractivity contribution is 5.79. The first kappa shape index (κ1) is 11.7. The van der Waals surface area contributed by atoms with Gasteiger partial charge >= 0.3 is 0 Å². The standard InChI is InChI=1S/C12H23N3O/c1-13-11(14-7-8-16-2)15-9-12(5-6-12)10-3-4-10/h10H,3-9H2,1-2H3,(H2,13,14,15). The summed E-state index contributed by atoms with van der Waals surface area (Å²) in [6.45, 7) is 2.62. The van der Waals surface area contributed by atoms with Crippen LogP contribution in [-0.4, -0.2) is 39.8 Å². The third-order valence-corrected chi connectivity index (χ3v) is 3.77. The lowest BCUT2D eigenvalue weighted by Crippen LogP contribution is -2.41. The fourth-order valence-corrected chi connectivity index (χ4v) is 2.34. The molecular formula is C12H23N3O. The maximum Gasteiger partial charge on any atom is 0.191 e. The van der Waals surface area contributed by atoms with Crippen molar-refractivity contribution in [2.75, 3.05) is 33.9 Å². The summed E-state index contributed by atoms with van der Waals surface area (Å²) in [5, 5.41) is 6.68. The molecule has 2 N–H and O–H groups in total. The molecule has 2 aliphatic rings. The molecule has 2 fully saturated rings. The Morgan fingerprint density at radius 1 is 1.38 bits per heavy atom. The van der Waals surface area contributed by atoms with E-state index in [0.717, 1.165) is 25.0 Å². The van der Waals surface area contributed by atoms with Gasteiger partial charge in [0, 0.05) is 27.2 Å². The van der Waals surface area contributed by atoms with Gasteiger partial charge in [-0.1, -0.05) is 0 Å². The van der Waals surface area contributed by atoms with E-state index in [1.165, 1.54) is 25.7 Å².